The lowest BCUT2D eigenvalue weighted by molar-refractivity contribution is 0.0364. The monoisotopic (exact) mass is 231 g/mol. The third kappa shape index (κ3) is 2.70. The third-order valence-corrected chi connectivity index (χ3v) is 2.17. The Bertz CT molecular complexity index is 493. The van der Waals surface area contributed by atoms with Gasteiger partial charge in [-0.1, -0.05) is 18.2 Å². The Hall–Kier alpha value is -2.14. The van der Waals surface area contributed by atoms with E-state index >= 15 is 0 Å². The number of hydrogen-bond donors (Lipinski definition) is 1. The maximum Gasteiger partial charge on any atom is 0.278 e. The van der Waals surface area contributed by atoms with Crippen LogP contribution in [0.2, 0.25) is 0 Å². The lowest BCUT2D eigenvalue weighted by Crippen LogP contribution is -2.23. The van der Waals surface area contributed by atoms with Crippen molar-refractivity contribution < 1.29 is 9.63 Å². The second-order valence-electron chi connectivity index (χ2n) is 3.37. The summed E-state index contributed by atoms with van der Waals surface area (Å²) in [7, 11) is 0. The molecule has 0 bridgehead atoms. The van der Waals surface area contributed by atoms with Crippen LogP contribution in [0.15, 0.2) is 42.7 Å². The largest absolute Gasteiger partial charge is 0.278 e. The number of amides is 1. The van der Waals surface area contributed by atoms with Crippen molar-refractivity contribution in [3.63, 3.8) is 0 Å². The molecule has 5 nitrogen and oxygen atoms in total. The zero-order valence-corrected chi connectivity index (χ0v) is 9.46. The normalized spacial score (nSPS) is 10.2. The summed E-state index contributed by atoms with van der Waals surface area (Å²) in [6.45, 7) is 2.23. The molecule has 5 heteroatoms. The molecule has 1 heterocycles. The summed E-state index contributed by atoms with van der Waals surface area (Å²) in [6, 6.07) is 9.58. The fourth-order valence-corrected chi connectivity index (χ4v) is 1.36. The lowest BCUT2D eigenvalue weighted by atomic mass is 10.3. The van der Waals surface area contributed by atoms with Crippen LogP contribution in [-0.4, -0.2) is 22.3 Å². The summed E-state index contributed by atoms with van der Waals surface area (Å²) < 4.78 is 1.64. The summed E-state index contributed by atoms with van der Waals surface area (Å²) in [4.78, 5) is 16.4. The molecule has 0 aliphatic carbocycles. The van der Waals surface area contributed by atoms with E-state index in [4.69, 9.17) is 4.84 Å². The van der Waals surface area contributed by atoms with E-state index in [0.717, 1.165) is 5.69 Å². The Labute approximate surface area is 99.0 Å². The van der Waals surface area contributed by atoms with E-state index in [1.807, 2.05) is 30.3 Å². The molecule has 0 saturated carbocycles. The van der Waals surface area contributed by atoms with Crippen LogP contribution in [0.4, 0.5) is 0 Å². The minimum absolute atomic E-state index is 0.297. The van der Waals surface area contributed by atoms with Crippen molar-refractivity contribution in [2.45, 2.75) is 6.92 Å². The number of carbonyl (C=O) groups is 1. The zero-order chi connectivity index (χ0) is 12.1. The van der Waals surface area contributed by atoms with Crippen LogP contribution in [-0.2, 0) is 4.84 Å². The Kier molecular flexibility index (Phi) is 3.52. The average Bonchev–Trinajstić information content (AvgIpc) is 2.86. The van der Waals surface area contributed by atoms with Gasteiger partial charge in [-0.05, 0) is 19.1 Å². The van der Waals surface area contributed by atoms with Gasteiger partial charge in [0.1, 0.15) is 0 Å². The standard InChI is InChI=1S/C12H13N3O2/c1-2-17-14-12(16)10-8-13-15(9-10)11-6-4-3-5-7-11/h3-9H,2H2,1H3,(H,14,16). The molecule has 0 unspecified atom stereocenters. The molecule has 0 aliphatic heterocycles. The van der Waals surface area contributed by atoms with Crippen LogP contribution in [0.3, 0.4) is 0 Å². The predicted octanol–water partition coefficient (Wildman–Crippen LogP) is 1.55. The number of nitrogens with one attached hydrogen (secondary N) is 1. The fourth-order valence-electron chi connectivity index (χ4n) is 1.36. The van der Waals surface area contributed by atoms with Crippen molar-refractivity contribution in [1.29, 1.82) is 0 Å². The molecule has 2 rings (SSSR count). The van der Waals surface area contributed by atoms with E-state index in [0.29, 0.717) is 12.2 Å². The van der Waals surface area contributed by atoms with Crippen molar-refractivity contribution in [2.75, 3.05) is 6.61 Å². The van der Waals surface area contributed by atoms with Crippen LogP contribution >= 0.6 is 0 Å². The van der Waals surface area contributed by atoms with Crippen LogP contribution in [0.1, 0.15) is 17.3 Å². The molecule has 1 aromatic carbocycles. The van der Waals surface area contributed by atoms with Crippen LogP contribution in [0.25, 0.3) is 5.69 Å². The summed E-state index contributed by atoms with van der Waals surface area (Å²) in [6.07, 6.45) is 3.16. The van der Waals surface area contributed by atoms with E-state index in [2.05, 4.69) is 10.6 Å². The summed E-state index contributed by atoms with van der Waals surface area (Å²) >= 11 is 0. The second-order valence-corrected chi connectivity index (χ2v) is 3.37. The van der Waals surface area contributed by atoms with Gasteiger partial charge in [0.25, 0.3) is 5.91 Å². The Balaban J connectivity index is 2.14. The number of hydrogen-bond acceptors (Lipinski definition) is 3. The van der Waals surface area contributed by atoms with E-state index in [-0.39, 0.29) is 5.91 Å². The van der Waals surface area contributed by atoms with Gasteiger partial charge in [0.05, 0.1) is 24.1 Å². The number of rotatable bonds is 4. The molecule has 0 spiro atoms. The highest BCUT2D eigenvalue weighted by molar-refractivity contribution is 5.92. The van der Waals surface area contributed by atoms with Crippen molar-refractivity contribution in [2.24, 2.45) is 0 Å². The summed E-state index contributed by atoms with van der Waals surface area (Å²) in [5.74, 6) is -0.297. The lowest BCUT2D eigenvalue weighted by Gasteiger charge is -2.01. The number of nitrogens with zero attached hydrogens (tertiary/aromatic N) is 2. The van der Waals surface area contributed by atoms with Crippen LogP contribution in [0, 0.1) is 0 Å². The SMILES string of the molecule is CCONC(=O)c1cnn(-c2ccccc2)c1. The third-order valence-electron chi connectivity index (χ3n) is 2.17. The molecule has 1 amide bonds. The minimum atomic E-state index is -0.297. The molecule has 1 aromatic heterocycles. The van der Waals surface area contributed by atoms with E-state index in [1.165, 1.54) is 6.20 Å². The maximum atomic E-state index is 11.6. The summed E-state index contributed by atoms with van der Waals surface area (Å²) in [5, 5.41) is 4.12. The minimum Gasteiger partial charge on any atom is -0.274 e. The van der Waals surface area contributed by atoms with Crippen molar-refractivity contribution in [1.82, 2.24) is 15.3 Å². The first-order chi connectivity index (χ1) is 8.31. The van der Waals surface area contributed by atoms with E-state index in [1.54, 1.807) is 17.8 Å². The Morgan fingerprint density at radius 3 is 2.88 bits per heavy atom. The quantitative estimate of drug-likeness (QED) is 0.812. The van der Waals surface area contributed by atoms with Crippen molar-refractivity contribution in [3.8, 4) is 5.69 Å². The van der Waals surface area contributed by atoms with Gasteiger partial charge >= 0.3 is 0 Å². The highest BCUT2D eigenvalue weighted by Crippen LogP contribution is 2.07. The van der Waals surface area contributed by atoms with Gasteiger partial charge < -0.3 is 0 Å². The van der Waals surface area contributed by atoms with Gasteiger partial charge in [0.2, 0.25) is 0 Å². The zero-order valence-electron chi connectivity index (χ0n) is 9.46. The first-order valence-electron chi connectivity index (χ1n) is 5.33. The molecule has 0 radical (unpaired) electrons. The molecular weight excluding hydrogens is 218 g/mol. The number of carbonyl (C=O) groups excluding carboxylic acids is 1. The van der Waals surface area contributed by atoms with Gasteiger partial charge in [0.15, 0.2) is 0 Å². The Morgan fingerprint density at radius 2 is 2.18 bits per heavy atom. The van der Waals surface area contributed by atoms with Gasteiger partial charge in [0, 0.05) is 6.20 Å². The topological polar surface area (TPSA) is 56.1 Å². The highest BCUT2D eigenvalue weighted by Gasteiger charge is 2.08. The first-order valence-corrected chi connectivity index (χ1v) is 5.33. The Morgan fingerprint density at radius 1 is 1.41 bits per heavy atom. The number of para-hydroxylation sites is 1. The summed E-state index contributed by atoms with van der Waals surface area (Å²) in [5.41, 5.74) is 3.69. The molecule has 1 N–H and O–H groups in total. The van der Waals surface area contributed by atoms with Gasteiger partial charge in [-0.2, -0.15) is 5.10 Å². The maximum absolute atomic E-state index is 11.6. The van der Waals surface area contributed by atoms with Gasteiger partial charge in [-0.3, -0.25) is 9.63 Å². The van der Waals surface area contributed by atoms with Crippen LogP contribution < -0.4 is 5.48 Å². The van der Waals surface area contributed by atoms with Crippen molar-refractivity contribution >= 4 is 5.91 Å². The van der Waals surface area contributed by atoms with Gasteiger partial charge in [-0.15, -0.1) is 0 Å². The highest BCUT2D eigenvalue weighted by atomic mass is 16.6. The molecule has 0 aliphatic rings. The smallest absolute Gasteiger partial charge is 0.274 e. The second kappa shape index (κ2) is 5.27. The molecule has 0 atom stereocenters. The number of hydroxylamine groups is 1. The molecule has 2 aromatic rings. The molecule has 0 saturated heterocycles. The van der Waals surface area contributed by atoms with Gasteiger partial charge in [-0.25, -0.2) is 10.2 Å². The van der Waals surface area contributed by atoms with Crippen LogP contribution in [0.5, 0.6) is 0 Å². The average molecular weight is 231 g/mol. The predicted molar refractivity (Wildman–Crippen MR) is 62.7 cm³/mol. The molecule has 88 valence electrons. The molecule has 17 heavy (non-hydrogen) atoms. The van der Waals surface area contributed by atoms with E-state index < -0.39 is 0 Å². The first kappa shape index (κ1) is 11.3. The number of benzene rings is 1. The molecular formula is C12H13N3O2. The number of aromatic nitrogens is 2. The van der Waals surface area contributed by atoms with Crippen molar-refractivity contribution in [3.05, 3.63) is 48.3 Å². The van der Waals surface area contributed by atoms with E-state index in [9.17, 15) is 4.79 Å². The molecule has 0 fully saturated rings. The fraction of sp³-hybridized carbons (Fsp3) is 0.167.